The van der Waals surface area contributed by atoms with Gasteiger partial charge in [-0.15, -0.1) is 0 Å². The Balaban J connectivity index is 2.11. The Morgan fingerprint density at radius 3 is 3.00 bits per heavy atom. The topological polar surface area (TPSA) is 45.2 Å². The number of pyridine rings is 1. The Bertz CT molecular complexity index is 403. The molecule has 1 aliphatic rings. The molecule has 1 aromatic rings. The molecular formula is C14H21N3O. The lowest BCUT2D eigenvalue weighted by molar-refractivity contribution is -0.138. The van der Waals surface area contributed by atoms with Crippen LogP contribution in [0.15, 0.2) is 24.5 Å². The summed E-state index contributed by atoms with van der Waals surface area (Å²) in [5.41, 5.74) is 0.616. The Labute approximate surface area is 108 Å². The van der Waals surface area contributed by atoms with E-state index in [9.17, 15) is 4.79 Å². The van der Waals surface area contributed by atoms with E-state index in [0.29, 0.717) is 6.54 Å². The van der Waals surface area contributed by atoms with Crippen molar-refractivity contribution in [2.45, 2.75) is 38.8 Å². The minimum Gasteiger partial charge on any atom is -0.337 e. The number of nitrogens with one attached hydrogen (secondary N) is 1. The van der Waals surface area contributed by atoms with Gasteiger partial charge >= 0.3 is 0 Å². The molecule has 2 heterocycles. The van der Waals surface area contributed by atoms with Crippen LogP contribution in [0.2, 0.25) is 0 Å². The quantitative estimate of drug-likeness (QED) is 0.863. The minimum absolute atomic E-state index is 0.172. The molecule has 1 aliphatic heterocycles. The van der Waals surface area contributed by atoms with E-state index in [1.165, 1.54) is 0 Å². The number of nitrogens with zero attached hydrogens (tertiary/aromatic N) is 2. The molecule has 98 valence electrons. The molecule has 0 bridgehead atoms. The summed E-state index contributed by atoms with van der Waals surface area (Å²) in [7, 11) is 0. The third-order valence-corrected chi connectivity index (χ3v) is 3.34. The maximum atomic E-state index is 12.5. The molecule has 1 N–H and O–H groups in total. The average molecular weight is 247 g/mol. The number of aromatic nitrogens is 1. The van der Waals surface area contributed by atoms with Crippen LogP contribution >= 0.6 is 0 Å². The van der Waals surface area contributed by atoms with E-state index in [1.54, 1.807) is 6.20 Å². The molecule has 4 nitrogen and oxygen atoms in total. The SMILES string of the molecule is CC1(C)NCCCCN(Cc2cccnc2)C1=O. The molecule has 0 unspecified atom stereocenters. The molecule has 1 saturated heterocycles. The van der Waals surface area contributed by atoms with E-state index >= 15 is 0 Å². The van der Waals surface area contributed by atoms with Gasteiger partial charge < -0.3 is 10.2 Å². The first kappa shape index (κ1) is 13.0. The molecular weight excluding hydrogens is 226 g/mol. The highest BCUT2D eigenvalue weighted by atomic mass is 16.2. The Hall–Kier alpha value is -1.42. The van der Waals surface area contributed by atoms with Gasteiger partial charge in [0.2, 0.25) is 5.91 Å². The normalized spacial score (nSPS) is 20.3. The molecule has 0 saturated carbocycles. The fourth-order valence-corrected chi connectivity index (χ4v) is 2.26. The lowest BCUT2D eigenvalue weighted by Crippen LogP contribution is -2.55. The van der Waals surface area contributed by atoms with Crippen LogP contribution in [0.1, 0.15) is 32.3 Å². The van der Waals surface area contributed by atoms with Crippen molar-refractivity contribution in [1.82, 2.24) is 15.2 Å². The number of amides is 1. The molecule has 1 amide bonds. The predicted octanol–water partition coefficient (Wildman–Crippen LogP) is 1.57. The molecule has 1 aromatic heterocycles. The van der Waals surface area contributed by atoms with Crippen molar-refractivity contribution in [3.05, 3.63) is 30.1 Å². The summed E-state index contributed by atoms with van der Waals surface area (Å²) < 4.78 is 0. The Morgan fingerprint density at radius 1 is 1.44 bits per heavy atom. The van der Waals surface area contributed by atoms with Gasteiger partial charge in [0.05, 0.1) is 5.54 Å². The van der Waals surface area contributed by atoms with Crippen LogP contribution in [0.4, 0.5) is 0 Å². The summed E-state index contributed by atoms with van der Waals surface area (Å²) in [6.45, 7) is 6.31. The molecule has 0 aliphatic carbocycles. The zero-order chi connectivity index (χ0) is 13.0. The fraction of sp³-hybridized carbons (Fsp3) is 0.571. The lowest BCUT2D eigenvalue weighted by atomic mass is 10.0. The van der Waals surface area contributed by atoms with Gasteiger partial charge in [-0.2, -0.15) is 0 Å². The van der Waals surface area contributed by atoms with Crippen molar-refractivity contribution in [3.63, 3.8) is 0 Å². The zero-order valence-electron chi connectivity index (χ0n) is 11.1. The van der Waals surface area contributed by atoms with Crippen molar-refractivity contribution in [2.24, 2.45) is 0 Å². The van der Waals surface area contributed by atoms with E-state index in [2.05, 4.69) is 10.3 Å². The van der Waals surface area contributed by atoms with Gasteiger partial charge in [0.15, 0.2) is 0 Å². The summed E-state index contributed by atoms with van der Waals surface area (Å²) in [5.74, 6) is 0.172. The maximum Gasteiger partial charge on any atom is 0.242 e. The van der Waals surface area contributed by atoms with Crippen molar-refractivity contribution in [1.29, 1.82) is 0 Å². The first-order chi connectivity index (χ1) is 8.59. The molecule has 1 fully saturated rings. The standard InChI is InChI=1S/C14H21N3O/c1-14(2)13(18)17(9-4-3-8-16-14)11-12-6-5-7-15-10-12/h5-7,10,16H,3-4,8-9,11H2,1-2H3. The number of rotatable bonds is 2. The zero-order valence-corrected chi connectivity index (χ0v) is 11.1. The van der Waals surface area contributed by atoms with Gasteiger partial charge in [-0.25, -0.2) is 0 Å². The van der Waals surface area contributed by atoms with Gasteiger partial charge in [-0.1, -0.05) is 6.07 Å². The summed E-state index contributed by atoms with van der Waals surface area (Å²) in [6.07, 6.45) is 5.74. The van der Waals surface area contributed by atoms with Crippen molar-refractivity contribution < 1.29 is 4.79 Å². The van der Waals surface area contributed by atoms with Crippen LogP contribution in [0.3, 0.4) is 0 Å². The van der Waals surface area contributed by atoms with Gasteiger partial charge in [0.1, 0.15) is 0 Å². The summed E-state index contributed by atoms with van der Waals surface area (Å²) in [6, 6.07) is 3.92. The van der Waals surface area contributed by atoms with Gasteiger partial charge in [-0.3, -0.25) is 9.78 Å². The van der Waals surface area contributed by atoms with Gasteiger partial charge in [0.25, 0.3) is 0 Å². The first-order valence-corrected chi connectivity index (χ1v) is 6.53. The van der Waals surface area contributed by atoms with Crippen LogP contribution in [-0.2, 0) is 11.3 Å². The van der Waals surface area contributed by atoms with E-state index in [0.717, 1.165) is 31.5 Å². The highest BCUT2D eigenvalue weighted by Gasteiger charge is 2.32. The summed E-state index contributed by atoms with van der Waals surface area (Å²) in [5, 5.41) is 3.32. The van der Waals surface area contributed by atoms with Crippen LogP contribution < -0.4 is 5.32 Å². The first-order valence-electron chi connectivity index (χ1n) is 6.53. The largest absolute Gasteiger partial charge is 0.337 e. The van der Waals surface area contributed by atoms with Crippen LogP contribution in [0.5, 0.6) is 0 Å². The van der Waals surface area contributed by atoms with E-state index < -0.39 is 5.54 Å². The second kappa shape index (κ2) is 5.48. The van der Waals surface area contributed by atoms with Crippen LogP contribution in [0, 0.1) is 0 Å². The van der Waals surface area contributed by atoms with Gasteiger partial charge in [-0.05, 0) is 44.9 Å². The molecule has 2 rings (SSSR count). The van der Waals surface area contributed by atoms with Crippen molar-refractivity contribution >= 4 is 5.91 Å². The fourth-order valence-electron chi connectivity index (χ4n) is 2.26. The predicted molar refractivity (Wildman–Crippen MR) is 71.0 cm³/mol. The summed E-state index contributed by atoms with van der Waals surface area (Å²) in [4.78, 5) is 18.5. The molecule has 4 heteroatoms. The van der Waals surface area contributed by atoms with E-state index in [4.69, 9.17) is 0 Å². The molecule has 0 radical (unpaired) electrons. The van der Waals surface area contributed by atoms with Crippen LogP contribution in [0.25, 0.3) is 0 Å². The molecule has 18 heavy (non-hydrogen) atoms. The lowest BCUT2D eigenvalue weighted by Gasteiger charge is -2.35. The average Bonchev–Trinajstić information content (AvgIpc) is 2.36. The van der Waals surface area contributed by atoms with Crippen LogP contribution in [-0.4, -0.2) is 34.4 Å². The van der Waals surface area contributed by atoms with E-state index in [1.807, 2.05) is 37.1 Å². The number of hydrogen-bond donors (Lipinski definition) is 1. The smallest absolute Gasteiger partial charge is 0.242 e. The second-order valence-corrected chi connectivity index (χ2v) is 5.35. The Morgan fingerprint density at radius 2 is 2.28 bits per heavy atom. The summed E-state index contributed by atoms with van der Waals surface area (Å²) >= 11 is 0. The highest BCUT2D eigenvalue weighted by molar-refractivity contribution is 5.85. The monoisotopic (exact) mass is 247 g/mol. The Kier molecular flexibility index (Phi) is 3.97. The number of carbonyl (C=O) groups excluding carboxylic acids is 1. The van der Waals surface area contributed by atoms with Gasteiger partial charge in [0, 0.05) is 25.5 Å². The molecule has 0 spiro atoms. The highest BCUT2D eigenvalue weighted by Crippen LogP contribution is 2.15. The number of carbonyl (C=O) groups is 1. The van der Waals surface area contributed by atoms with E-state index in [-0.39, 0.29) is 5.91 Å². The third-order valence-electron chi connectivity index (χ3n) is 3.34. The van der Waals surface area contributed by atoms with Crippen molar-refractivity contribution in [2.75, 3.05) is 13.1 Å². The molecule has 0 aromatic carbocycles. The number of hydrogen-bond acceptors (Lipinski definition) is 3. The second-order valence-electron chi connectivity index (χ2n) is 5.35. The third kappa shape index (κ3) is 3.07. The van der Waals surface area contributed by atoms with Crippen molar-refractivity contribution in [3.8, 4) is 0 Å². The molecule has 0 atom stereocenters. The maximum absolute atomic E-state index is 12.5. The minimum atomic E-state index is -0.470.